The topological polar surface area (TPSA) is 109 Å². The summed E-state index contributed by atoms with van der Waals surface area (Å²) in [6, 6.07) is 2.52. The van der Waals surface area contributed by atoms with Gasteiger partial charge in [-0.1, -0.05) is 77.0 Å². The summed E-state index contributed by atoms with van der Waals surface area (Å²) in [5.41, 5.74) is 0. The number of hydrogen-bond acceptors (Lipinski definition) is 5. The first kappa shape index (κ1) is 24.9. The van der Waals surface area contributed by atoms with Crippen LogP contribution in [0.25, 0.3) is 0 Å². The first-order chi connectivity index (χ1) is 14.0. The number of nitrogens with zero attached hydrogens (tertiary/aromatic N) is 1. The van der Waals surface area contributed by atoms with Crippen molar-refractivity contribution in [2.45, 2.75) is 103 Å². The van der Waals surface area contributed by atoms with Gasteiger partial charge in [0.1, 0.15) is 0 Å². The molecule has 1 aromatic heterocycles. The lowest BCUT2D eigenvalue weighted by molar-refractivity contribution is -0.145. The molecule has 0 saturated heterocycles. The second-order valence-electron chi connectivity index (χ2n) is 7.65. The van der Waals surface area contributed by atoms with Crippen LogP contribution in [-0.2, 0) is 9.59 Å². The van der Waals surface area contributed by atoms with E-state index in [9.17, 15) is 19.8 Å². The molecule has 0 atom stereocenters. The standard InChI is InChI=1S/C22H37NO6/c24-19-17-18-20(25)23(19)29-22(28)16-14-12-10-8-6-4-2-1-3-5-7-9-11-13-15-21(26)27/h17-18,24-25H,1-16H2,(H,26,27). The Labute approximate surface area is 173 Å². The summed E-state index contributed by atoms with van der Waals surface area (Å²) >= 11 is 0. The van der Waals surface area contributed by atoms with Crippen LogP contribution in [0.3, 0.4) is 0 Å². The van der Waals surface area contributed by atoms with Gasteiger partial charge >= 0.3 is 11.9 Å². The van der Waals surface area contributed by atoms with Gasteiger partial charge < -0.3 is 20.2 Å². The van der Waals surface area contributed by atoms with Crippen molar-refractivity contribution >= 4 is 11.9 Å². The molecule has 7 heteroatoms. The fourth-order valence-electron chi connectivity index (χ4n) is 3.31. The average molecular weight is 412 g/mol. The molecule has 0 amide bonds. The molecule has 166 valence electrons. The fourth-order valence-corrected chi connectivity index (χ4v) is 3.31. The minimum Gasteiger partial charge on any atom is -0.492 e. The first-order valence-electron chi connectivity index (χ1n) is 11.0. The SMILES string of the molecule is O=C(O)CCCCCCCCCCCCCCCCC(=O)On1c(O)ccc1O. The van der Waals surface area contributed by atoms with Crippen molar-refractivity contribution in [3.05, 3.63) is 12.1 Å². The first-order valence-corrected chi connectivity index (χ1v) is 11.0. The summed E-state index contributed by atoms with van der Waals surface area (Å²) < 4.78 is 0.724. The van der Waals surface area contributed by atoms with Crippen molar-refractivity contribution in [3.8, 4) is 11.8 Å². The Balaban J connectivity index is 1.81. The van der Waals surface area contributed by atoms with Crippen LogP contribution in [0.4, 0.5) is 0 Å². The summed E-state index contributed by atoms with van der Waals surface area (Å²) in [7, 11) is 0. The zero-order valence-electron chi connectivity index (χ0n) is 17.5. The number of carbonyl (C=O) groups excluding carboxylic acids is 1. The van der Waals surface area contributed by atoms with E-state index < -0.39 is 11.9 Å². The van der Waals surface area contributed by atoms with Crippen molar-refractivity contribution < 1.29 is 29.7 Å². The second kappa shape index (κ2) is 15.7. The van der Waals surface area contributed by atoms with Gasteiger partial charge in [-0.15, -0.1) is 4.73 Å². The van der Waals surface area contributed by atoms with Gasteiger partial charge in [0.15, 0.2) is 0 Å². The van der Waals surface area contributed by atoms with Crippen LogP contribution < -0.4 is 4.84 Å². The van der Waals surface area contributed by atoms with Gasteiger partial charge in [-0.05, 0) is 12.8 Å². The molecule has 1 rings (SSSR count). The van der Waals surface area contributed by atoms with E-state index in [2.05, 4.69) is 0 Å². The van der Waals surface area contributed by atoms with E-state index in [1.54, 1.807) is 0 Å². The van der Waals surface area contributed by atoms with E-state index in [0.717, 1.165) is 43.3 Å². The van der Waals surface area contributed by atoms with Gasteiger partial charge in [-0.25, -0.2) is 4.79 Å². The predicted molar refractivity (Wildman–Crippen MR) is 111 cm³/mol. The normalized spacial score (nSPS) is 10.9. The third kappa shape index (κ3) is 12.8. The minimum atomic E-state index is -0.692. The fraction of sp³-hybridized carbons (Fsp3) is 0.727. The van der Waals surface area contributed by atoms with E-state index in [0.29, 0.717) is 6.42 Å². The molecule has 0 aliphatic heterocycles. The monoisotopic (exact) mass is 411 g/mol. The smallest absolute Gasteiger partial charge is 0.333 e. The molecule has 0 aliphatic carbocycles. The number of carboxylic acid groups (broad SMARTS) is 1. The van der Waals surface area contributed by atoms with E-state index in [1.807, 2.05) is 0 Å². The summed E-state index contributed by atoms with van der Waals surface area (Å²) in [6.07, 6.45) is 16.3. The maximum absolute atomic E-state index is 11.7. The maximum Gasteiger partial charge on any atom is 0.333 e. The highest BCUT2D eigenvalue weighted by atomic mass is 16.7. The van der Waals surface area contributed by atoms with E-state index in [1.165, 1.54) is 63.5 Å². The van der Waals surface area contributed by atoms with Crippen molar-refractivity contribution in [2.75, 3.05) is 0 Å². The molecule has 0 bridgehead atoms. The third-order valence-corrected chi connectivity index (χ3v) is 5.01. The number of aliphatic carboxylic acids is 1. The Morgan fingerprint density at radius 3 is 1.38 bits per heavy atom. The Kier molecular flexibility index (Phi) is 13.5. The zero-order valence-corrected chi connectivity index (χ0v) is 17.5. The van der Waals surface area contributed by atoms with Crippen LogP contribution in [0.1, 0.15) is 103 Å². The van der Waals surface area contributed by atoms with Gasteiger partial charge in [-0.3, -0.25) is 4.79 Å². The number of hydrogen-bond donors (Lipinski definition) is 3. The number of carboxylic acids is 1. The number of unbranched alkanes of at least 4 members (excludes halogenated alkanes) is 13. The molecular formula is C22H37NO6. The molecule has 1 heterocycles. The van der Waals surface area contributed by atoms with Crippen LogP contribution in [-0.4, -0.2) is 32.0 Å². The molecule has 0 radical (unpaired) electrons. The van der Waals surface area contributed by atoms with Gasteiger partial charge in [0.05, 0.1) is 0 Å². The van der Waals surface area contributed by atoms with Crippen LogP contribution in [0.15, 0.2) is 12.1 Å². The molecule has 3 N–H and O–H groups in total. The number of aromatic nitrogens is 1. The maximum atomic E-state index is 11.7. The number of aromatic hydroxyl groups is 2. The van der Waals surface area contributed by atoms with Gasteiger partial charge in [0.2, 0.25) is 11.8 Å². The Morgan fingerprint density at radius 1 is 0.655 bits per heavy atom. The highest BCUT2D eigenvalue weighted by molar-refractivity contribution is 5.69. The van der Waals surface area contributed by atoms with Crippen molar-refractivity contribution in [2.24, 2.45) is 0 Å². The Hall–Kier alpha value is -2.18. The van der Waals surface area contributed by atoms with Crippen LogP contribution in [0.2, 0.25) is 0 Å². The average Bonchev–Trinajstić information content (AvgIpc) is 2.99. The summed E-state index contributed by atoms with van der Waals surface area (Å²) in [5.74, 6) is -1.76. The Morgan fingerprint density at radius 2 is 1.00 bits per heavy atom. The van der Waals surface area contributed by atoms with Crippen LogP contribution >= 0.6 is 0 Å². The number of rotatable bonds is 18. The van der Waals surface area contributed by atoms with Gasteiger partial charge in [-0.2, -0.15) is 0 Å². The van der Waals surface area contributed by atoms with E-state index in [4.69, 9.17) is 9.94 Å². The molecule has 0 unspecified atom stereocenters. The molecule has 0 spiro atoms. The molecule has 1 aromatic rings. The number of carbonyl (C=O) groups is 2. The van der Waals surface area contributed by atoms with Crippen molar-refractivity contribution in [1.29, 1.82) is 0 Å². The quantitative estimate of drug-likeness (QED) is 0.287. The lowest BCUT2D eigenvalue weighted by Crippen LogP contribution is -2.18. The zero-order chi connectivity index (χ0) is 21.3. The molecule has 0 aliphatic rings. The molecule has 7 nitrogen and oxygen atoms in total. The molecular weight excluding hydrogens is 374 g/mol. The largest absolute Gasteiger partial charge is 0.492 e. The van der Waals surface area contributed by atoms with Crippen molar-refractivity contribution in [3.63, 3.8) is 0 Å². The van der Waals surface area contributed by atoms with E-state index in [-0.39, 0.29) is 18.2 Å². The lowest BCUT2D eigenvalue weighted by atomic mass is 10.0. The summed E-state index contributed by atoms with van der Waals surface area (Å²) in [5, 5.41) is 27.4. The minimum absolute atomic E-state index is 0.271. The lowest BCUT2D eigenvalue weighted by Gasteiger charge is -2.06. The highest BCUT2D eigenvalue weighted by Gasteiger charge is 2.11. The van der Waals surface area contributed by atoms with Gasteiger partial charge in [0.25, 0.3) is 0 Å². The van der Waals surface area contributed by atoms with Crippen molar-refractivity contribution in [1.82, 2.24) is 4.73 Å². The third-order valence-electron chi connectivity index (χ3n) is 5.01. The van der Waals surface area contributed by atoms with Crippen LogP contribution in [0, 0.1) is 0 Å². The summed E-state index contributed by atoms with van der Waals surface area (Å²) in [4.78, 5) is 27.0. The molecule has 0 aromatic carbocycles. The second-order valence-corrected chi connectivity index (χ2v) is 7.65. The summed E-state index contributed by atoms with van der Waals surface area (Å²) in [6.45, 7) is 0. The van der Waals surface area contributed by atoms with Gasteiger partial charge in [0, 0.05) is 25.0 Å². The highest BCUT2D eigenvalue weighted by Crippen LogP contribution is 2.19. The Bertz CT molecular complexity index is 564. The predicted octanol–water partition coefficient (Wildman–Crippen LogP) is 5.18. The van der Waals surface area contributed by atoms with E-state index >= 15 is 0 Å². The molecule has 29 heavy (non-hydrogen) atoms. The molecule has 0 saturated carbocycles. The van der Waals surface area contributed by atoms with Crippen LogP contribution in [0.5, 0.6) is 11.8 Å². The molecule has 0 fully saturated rings.